The number of rotatable bonds is 3. The Morgan fingerprint density at radius 1 is 1.53 bits per heavy atom. The zero-order chi connectivity index (χ0) is 14.2. The Morgan fingerprint density at radius 3 is 2.74 bits per heavy atom. The van der Waals surface area contributed by atoms with Crippen LogP contribution in [0.2, 0.25) is 0 Å². The first-order chi connectivity index (χ1) is 8.95. The van der Waals surface area contributed by atoms with Gasteiger partial charge in [-0.2, -0.15) is 5.10 Å². The highest BCUT2D eigenvalue weighted by atomic mass is 79.9. The van der Waals surface area contributed by atoms with Gasteiger partial charge in [0.2, 0.25) is 0 Å². The zero-order valence-corrected chi connectivity index (χ0v) is 11.2. The van der Waals surface area contributed by atoms with Crippen LogP contribution in [0, 0.1) is 5.82 Å². The van der Waals surface area contributed by atoms with Crippen molar-refractivity contribution in [3.8, 4) is 22.8 Å². The number of hydrogen-bond donors (Lipinski definition) is 3. The summed E-state index contributed by atoms with van der Waals surface area (Å²) in [5, 5.41) is 24.6. The van der Waals surface area contributed by atoms with Crippen molar-refractivity contribution in [2.24, 2.45) is 0 Å². The van der Waals surface area contributed by atoms with E-state index in [0.29, 0.717) is 0 Å². The van der Waals surface area contributed by atoms with Crippen molar-refractivity contribution < 1.29 is 24.1 Å². The van der Waals surface area contributed by atoms with Crippen LogP contribution in [-0.2, 0) is 0 Å². The topological polar surface area (TPSA) is 95.4 Å². The van der Waals surface area contributed by atoms with E-state index in [9.17, 15) is 14.3 Å². The molecule has 6 nitrogen and oxygen atoms in total. The number of carbonyl (C=O) groups is 1. The highest BCUT2D eigenvalue weighted by molar-refractivity contribution is 9.10. The van der Waals surface area contributed by atoms with E-state index in [0.717, 1.165) is 12.1 Å². The molecule has 1 aromatic heterocycles. The number of ether oxygens (including phenoxy) is 1. The van der Waals surface area contributed by atoms with Crippen molar-refractivity contribution in [3.05, 3.63) is 28.1 Å². The molecule has 19 heavy (non-hydrogen) atoms. The van der Waals surface area contributed by atoms with Gasteiger partial charge in [-0.15, -0.1) is 0 Å². The van der Waals surface area contributed by atoms with Gasteiger partial charge in [-0.1, -0.05) is 0 Å². The number of nitrogens with zero attached hydrogens (tertiary/aromatic N) is 1. The normalized spacial score (nSPS) is 10.5. The summed E-state index contributed by atoms with van der Waals surface area (Å²) in [5.41, 5.74) is -0.474. The minimum atomic E-state index is -1.23. The largest absolute Gasteiger partial charge is 0.504 e. The van der Waals surface area contributed by atoms with Crippen molar-refractivity contribution in [2.75, 3.05) is 7.11 Å². The maximum atomic E-state index is 13.9. The lowest BCUT2D eigenvalue weighted by Gasteiger charge is -2.10. The van der Waals surface area contributed by atoms with Crippen molar-refractivity contribution in [1.29, 1.82) is 0 Å². The van der Waals surface area contributed by atoms with Crippen LogP contribution in [0.25, 0.3) is 11.3 Å². The first-order valence-electron chi connectivity index (χ1n) is 4.99. The van der Waals surface area contributed by atoms with Gasteiger partial charge in [-0.05, 0) is 28.1 Å². The molecule has 0 fully saturated rings. The minimum Gasteiger partial charge on any atom is -0.504 e. The second-order valence-electron chi connectivity index (χ2n) is 3.57. The van der Waals surface area contributed by atoms with Gasteiger partial charge in [0.15, 0.2) is 11.5 Å². The number of methoxy groups -OCH3 is 1. The number of H-pyrrole nitrogens is 1. The number of carboxylic acids is 1. The summed E-state index contributed by atoms with van der Waals surface area (Å²) >= 11 is 3.05. The van der Waals surface area contributed by atoms with E-state index in [-0.39, 0.29) is 27.2 Å². The van der Waals surface area contributed by atoms with E-state index >= 15 is 0 Å². The summed E-state index contributed by atoms with van der Waals surface area (Å²) in [6, 6.07) is 2.22. The van der Waals surface area contributed by atoms with Crippen LogP contribution >= 0.6 is 15.9 Å². The van der Waals surface area contributed by atoms with Crippen LogP contribution in [0.3, 0.4) is 0 Å². The summed E-state index contributed by atoms with van der Waals surface area (Å²) in [7, 11) is 1.31. The molecule has 3 N–H and O–H groups in total. The van der Waals surface area contributed by atoms with Crippen LogP contribution in [0.15, 0.2) is 16.6 Å². The lowest BCUT2D eigenvalue weighted by molar-refractivity contribution is 0.0690. The molecular weight excluding hydrogens is 323 g/mol. The van der Waals surface area contributed by atoms with E-state index in [1.807, 2.05) is 0 Å². The van der Waals surface area contributed by atoms with E-state index in [4.69, 9.17) is 9.84 Å². The third kappa shape index (κ3) is 2.26. The molecule has 1 heterocycles. The fourth-order valence-corrected chi connectivity index (χ4v) is 2.14. The Kier molecular flexibility index (Phi) is 3.43. The summed E-state index contributed by atoms with van der Waals surface area (Å²) in [5.74, 6) is -2.41. The lowest BCUT2D eigenvalue weighted by Crippen LogP contribution is -1.95. The van der Waals surface area contributed by atoms with Gasteiger partial charge in [-0.3, -0.25) is 5.10 Å². The van der Waals surface area contributed by atoms with Crippen molar-refractivity contribution in [2.45, 2.75) is 0 Å². The monoisotopic (exact) mass is 330 g/mol. The number of benzene rings is 1. The Balaban J connectivity index is 2.64. The zero-order valence-electron chi connectivity index (χ0n) is 9.57. The quantitative estimate of drug-likeness (QED) is 0.803. The molecular formula is C11H8BrFN2O4. The number of phenolic OH excluding ortho intramolecular Hbond substituents is 1. The Labute approximate surface area is 115 Å². The molecule has 0 aliphatic heterocycles. The number of hydrogen-bond acceptors (Lipinski definition) is 4. The van der Waals surface area contributed by atoms with E-state index < -0.39 is 17.5 Å². The molecule has 0 saturated carbocycles. The predicted octanol–water partition coefficient (Wildman–Crippen LogP) is 2.39. The standard InChI is InChI=1S/C11H8BrFN2O4/c1-19-10-4(12)2-5(13)8(9(10)16)6-3-7(11(17)18)15-14-6/h2-3,16H,1H3,(H,14,15)(H,17,18). The van der Waals surface area contributed by atoms with E-state index in [2.05, 4.69) is 26.1 Å². The van der Waals surface area contributed by atoms with Gasteiger partial charge < -0.3 is 14.9 Å². The highest BCUT2D eigenvalue weighted by Crippen LogP contribution is 2.43. The maximum Gasteiger partial charge on any atom is 0.353 e. The number of nitrogens with one attached hydrogen (secondary N) is 1. The molecule has 0 amide bonds. The van der Waals surface area contributed by atoms with Crippen molar-refractivity contribution in [3.63, 3.8) is 0 Å². The number of aromatic amines is 1. The molecule has 0 spiro atoms. The summed E-state index contributed by atoms with van der Waals surface area (Å²) in [4.78, 5) is 10.7. The van der Waals surface area contributed by atoms with Crippen LogP contribution in [0.1, 0.15) is 10.5 Å². The Morgan fingerprint density at radius 2 is 2.21 bits per heavy atom. The molecule has 0 unspecified atom stereocenters. The number of aromatic carboxylic acids is 1. The van der Waals surface area contributed by atoms with E-state index in [1.54, 1.807) is 0 Å². The molecule has 0 saturated heterocycles. The number of aromatic nitrogens is 2. The van der Waals surface area contributed by atoms with Crippen molar-refractivity contribution in [1.82, 2.24) is 10.2 Å². The fourth-order valence-electron chi connectivity index (χ4n) is 1.59. The number of carboxylic acid groups (broad SMARTS) is 1. The van der Waals surface area contributed by atoms with Gasteiger partial charge in [0.1, 0.15) is 11.5 Å². The van der Waals surface area contributed by atoms with Gasteiger partial charge in [0.25, 0.3) is 0 Å². The second-order valence-corrected chi connectivity index (χ2v) is 4.42. The van der Waals surface area contributed by atoms with Crippen LogP contribution < -0.4 is 4.74 Å². The molecule has 0 aliphatic rings. The van der Waals surface area contributed by atoms with Crippen molar-refractivity contribution >= 4 is 21.9 Å². The summed E-state index contributed by atoms with van der Waals surface area (Å²) in [6.07, 6.45) is 0. The lowest BCUT2D eigenvalue weighted by atomic mass is 10.1. The molecule has 0 bridgehead atoms. The van der Waals surface area contributed by atoms with Gasteiger partial charge in [0, 0.05) is 0 Å². The summed E-state index contributed by atoms with van der Waals surface area (Å²) < 4.78 is 19.0. The third-order valence-corrected chi connectivity index (χ3v) is 3.02. The molecule has 100 valence electrons. The van der Waals surface area contributed by atoms with E-state index in [1.165, 1.54) is 7.11 Å². The molecule has 0 aliphatic carbocycles. The minimum absolute atomic E-state index is 0.0294. The first kappa shape index (κ1) is 13.3. The molecule has 0 atom stereocenters. The molecule has 2 rings (SSSR count). The number of halogens is 2. The van der Waals surface area contributed by atoms with Gasteiger partial charge >= 0.3 is 5.97 Å². The Bertz CT molecular complexity index is 656. The first-order valence-corrected chi connectivity index (χ1v) is 5.79. The molecule has 1 aromatic carbocycles. The SMILES string of the molecule is COc1c(Br)cc(F)c(-c2cc(C(=O)O)[nH]n2)c1O. The number of aromatic hydroxyl groups is 1. The number of phenols is 1. The second kappa shape index (κ2) is 4.88. The maximum absolute atomic E-state index is 13.9. The van der Waals surface area contributed by atoms with Crippen LogP contribution in [0.5, 0.6) is 11.5 Å². The molecule has 8 heteroatoms. The van der Waals surface area contributed by atoms with Gasteiger partial charge in [0.05, 0.1) is 22.8 Å². The smallest absolute Gasteiger partial charge is 0.353 e. The average Bonchev–Trinajstić information content (AvgIpc) is 2.78. The molecule has 0 radical (unpaired) electrons. The van der Waals surface area contributed by atoms with Crippen LogP contribution in [0.4, 0.5) is 4.39 Å². The van der Waals surface area contributed by atoms with Gasteiger partial charge in [-0.25, -0.2) is 9.18 Å². The Hall–Kier alpha value is -2.09. The molecule has 2 aromatic rings. The highest BCUT2D eigenvalue weighted by Gasteiger charge is 2.21. The fraction of sp³-hybridized carbons (Fsp3) is 0.0909. The van der Waals surface area contributed by atoms with Crippen LogP contribution in [-0.4, -0.2) is 33.5 Å². The average molecular weight is 331 g/mol. The summed E-state index contributed by atoms with van der Waals surface area (Å²) in [6.45, 7) is 0. The predicted molar refractivity (Wildman–Crippen MR) is 66.9 cm³/mol. The third-order valence-electron chi connectivity index (χ3n) is 2.43.